The maximum Gasteiger partial charge on any atom is 0.177 e. The lowest BCUT2D eigenvalue weighted by molar-refractivity contribution is 0.402. The molecule has 1 aliphatic rings. The normalized spacial score (nSPS) is 12.3. The van der Waals surface area contributed by atoms with E-state index in [0.717, 1.165) is 53.2 Å². The molecule has 4 nitrogen and oxygen atoms in total. The standard InChI is InChI=1S/C26H25N3O/c1-28(2)17-10-18-29-22-15-8-6-13-20(22)24-25(19-11-4-3-5-12-19)27-30-26(24)21-14-7-9-16-23(21)29/h3-9,11-16H,10,17-18H2,1-2H3. The molecule has 4 aromatic rings. The predicted octanol–water partition coefficient (Wildman–Crippen LogP) is 6.08. The Morgan fingerprint density at radius 2 is 1.43 bits per heavy atom. The molecule has 0 radical (unpaired) electrons. The predicted molar refractivity (Wildman–Crippen MR) is 123 cm³/mol. The topological polar surface area (TPSA) is 32.5 Å². The Kier molecular flexibility index (Phi) is 4.85. The zero-order valence-electron chi connectivity index (χ0n) is 17.4. The molecule has 0 N–H and O–H groups in total. The van der Waals surface area contributed by atoms with Crippen molar-refractivity contribution in [1.82, 2.24) is 10.1 Å². The summed E-state index contributed by atoms with van der Waals surface area (Å²) in [6.07, 6.45) is 1.07. The van der Waals surface area contributed by atoms with E-state index >= 15 is 0 Å². The lowest BCUT2D eigenvalue weighted by Crippen LogP contribution is -2.23. The zero-order chi connectivity index (χ0) is 20.5. The highest BCUT2D eigenvalue weighted by molar-refractivity contribution is 6.02. The van der Waals surface area contributed by atoms with Crippen molar-refractivity contribution in [3.05, 3.63) is 78.9 Å². The lowest BCUT2D eigenvalue weighted by Gasteiger charge is -2.27. The molecule has 0 fully saturated rings. The van der Waals surface area contributed by atoms with Crippen LogP contribution in [0.25, 0.3) is 33.7 Å². The van der Waals surface area contributed by atoms with E-state index in [-0.39, 0.29) is 0 Å². The van der Waals surface area contributed by atoms with Crippen LogP contribution in [0.1, 0.15) is 6.42 Å². The average Bonchev–Trinajstić information content (AvgIpc) is 3.18. The first-order valence-corrected chi connectivity index (χ1v) is 10.4. The van der Waals surface area contributed by atoms with Crippen LogP contribution < -0.4 is 4.90 Å². The van der Waals surface area contributed by atoms with E-state index in [9.17, 15) is 0 Å². The Bertz CT molecular complexity index is 1160. The van der Waals surface area contributed by atoms with Gasteiger partial charge < -0.3 is 14.3 Å². The molecule has 0 saturated carbocycles. The molecule has 5 rings (SSSR count). The van der Waals surface area contributed by atoms with Crippen molar-refractivity contribution in [1.29, 1.82) is 0 Å². The van der Waals surface area contributed by atoms with E-state index in [1.807, 2.05) is 18.2 Å². The summed E-state index contributed by atoms with van der Waals surface area (Å²) in [5.41, 5.74) is 7.64. The highest BCUT2D eigenvalue weighted by atomic mass is 16.5. The Morgan fingerprint density at radius 3 is 2.17 bits per heavy atom. The summed E-state index contributed by atoms with van der Waals surface area (Å²) in [6.45, 7) is 1.98. The van der Waals surface area contributed by atoms with Gasteiger partial charge in [0.25, 0.3) is 0 Å². The second kappa shape index (κ2) is 7.81. The van der Waals surface area contributed by atoms with Crippen molar-refractivity contribution in [3.8, 4) is 33.7 Å². The highest BCUT2D eigenvalue weighted by Gasteiger charge is 2.30. The van der Waals surface area contributed by atoms with Crippen molar-refractivity contribution in [3.63, 3.8) is 0 Å². The number of benzene rings is 3. The van der Waals surface area contributed by atoms with Gasteiger partial charge in [0, 0.05) is 28.9 Å². The number of hydrogen-bond acceptors (Lipinski definition) is 4. The van der Waals surface area contributed by atoms with Crippen LogP contribution in [0.3, 0.4) is 0 Å². The van der Waals surface area contributed by atoms with E-state index in [1.165, 1.54) is 11.4 Å². The Balaban J connectivity index is 1.73. The minimum Gasteiger partial charge on any atom is -0.355 e. The summed E-state index contributed by atoms with van der Waals surface area (Å²) >= 11 is 0. The van der Waals surface area contributed by atoms with Gasteiger partial charge >= 0.3 is 0 Å². The quantitative estimate of drug-likeness (QED) is 0.410. The average molecular weight is 396 g/mol. The molecule has 0 spiro atoms. The molecule has 2 heterocycles. The number of hydrogen-bond donors (Lipinski definition) is 0. The molecule has 0 aliphatic carbocycles. The van der Waals surface area contributed by atoms with Crippen molar-refractivity contribution in [2.75, 3.05) is 32.1 Å². The molecule has 30 heavy (non-hydrogen) atoms. The Labute approximate surface area is 177 Å². The van der Waals surface area contributed by atoms with Crippen LogP contribution in [0, 0.1) is 0 Å². The number of aromatic nitrogens is 1. The SMILES string of the molecule is CN(C)CCCN1c2ccccc2-c2onc(-c3ccccc3)c2-c2ccccc21. The van der Waals surface area contributed by atoms with Crippen LogP contribution in [0.5, 0.6) is 0 Å². The van der Waals surface area contributed by atoms with Crippen molar-refractivity contribution in [2.45, 2.75) is 6.42 Å². The van der Waals surface area contributed by atoms with Gasteiger partial charge in [0.05, 0.1) is 11.3 Å². The number of fused-ring (bicyclic) bond motifs is 5. The third-order valence-electron chi connectivity index (χ3n) is 5.63. The summed E-state index contributed by atoms with van der Waals surface area (Å²) in [5, 5.41) is 4.52. The summed E-state index contributed by atoms with van der Waals surface area (Å²) in [4.78, 5) is 4.66. The van der Waals surface area contributed by atoms with E-state index in [2.05, 4.69) is 89.7 Å². The first-order valence-electron chi connectivity index (χ1n) is 10.4. The monoisotopic (exact) mass is 395 g/mol. The first kappa shape index (κ1) is 18.6. The minimum absolute atomic E-state index is 0.840. The van der Waals surface area contributed by atoms with Crippen molar-refractivity contribution < 1.29 is 4.52 Å². The fourth-order valence-electron chi connectivity index (χ4n) is 4.25. The maximum atomic E-state index is 6.01. The van der Waals surface area contributed by atoms with Gasteiger partial charge in [-0.2, -0.15) is 0 Å². The molecule has 0 bridgehead atoms. The van der Waals surface area contributed by atoms with Gasteiger partial charge in [-0.05, 0) is 45.3 Å². The molecule has 4 heteroatoms. The molecule has 0 amide bonds. The van der Waals surface area contributed by atoms with Gasteiger partial charge in [-0.15, -0.1) is 0 Å². The molecular formula is C26H25N3O. The van der Waals surface area contributed by atoms with E-state index in [1.54, 1.807) is 0 Å². The van der Waals surface area contributed by atoms with Gasteiger partial charge in [0.1, 0.15) is 5.69 Å². The summed E-state index contributed by atoms with van der Waals surface area (Å²) in [6, 6.07) is 27.4. The van der Waals surface area contributed by atoms with E-state index in [4.69, 9.17) is 4.52 Å². The molecule has 0 unspecified atom stereocenters. The number of nitrogens with zero attached hydrogens (tertiary/aromatic N) is 3. The van der Waals surface area contributed by atoms with Gasteiger partial charge in [0.2, 0.25) is 0 Å². The van der Waals surface area contributed by atoms with Crippen LogP contribution in [-0.4, -0.2) is 37.2 Å². The molecule has 0 atom stereocenters. The maximum absolute atomic E-state index is 6.01. The summed E-state index contributed by atoms with van der Waals surface area (Å²) < 4.78 is 6.01. The van der Waals surface area contributed by atoms with Crippen LogP contribution in [0.15, 0.2) is 83.4 Å². The fourth-order valence-corrected chi connectivity index (χ4v) is 4.25. The van der Waals surface area contributed by atoms with Gasteiger partial charge in [-0.1, -0.05) is 65.8 Å². The van der Waals surface area contributed by atoms with Crippen molar-refractivity contribution in [2.24, 2.45) is 0 Å². The summed E-state index contributed by atoms with van der Waals surface area (Å²) in [5.74, 6) is 0.840. The zero-order valence-corrected chi connectivity index (χ0v) is 17.4. The number of para-hydroxylation sites is 2. The smallest absolute Gasteiger partial charge is 0.177 e. The molecule has 0 saturated heterocycles. The summed E-state index contributed by atoms with van der Waals surface area (Å²) in [7, 11) is 4.24. The highest BCUT2D eigenvalue weighted by Crippen LogP contribution is 2.50. The fraction of sp³-hybridized carbons (Fsp3) is 0.192. The molecule has 150 valence electrons. The Hall–Kier alpha value is -3.37. The van der Waals surface area contributed by atoms with Crippen LogP contribution >= 0.6 is 0 Å². The van der Waals surface area contributed by atoms with E-state index < -0.39 is 0 Å². The third kappa shape index (κ3) is 3.19. The largest absolute Gasteiger partial charge is 0.355 e. The molecule has 1 aliphatic heterocycles. The molecular weight excluding hydrogens is 370 g/mol. The van der Waals surface area contributed by atoms with Gasteiger partial charge in [0.15, 0.2) is 5.76 Å². The number of anilines is 2. The van der Waals surface area contributed by atoms with Gasteiger partial charge in [-0.25, -0.2) is 0 Å². The third-order valence-corrected chi connectivity index (χ3v) is 5.63. The van der Waals surface area contributed by atoms with Gasteiger partial charge in [-0.3, -0.25) is 0 Å². The van der Waals surface area contributed by atoms with Crippen molar-refractivity contribution >= 4 is 11.4 Å². The Morgan fingerprint density at radius 1 is 0.800 bits per heavy atom. The second-order valence-electron chi connectivity index (χ2n) is 7.94. The second-order valence-corrected chi connectivity index (χ2v) is 7.94. The first-order chi connectivity index (χ1) is 14.7. The minimum atomic E-state index is 0.840. The molecule has 1 aromatic heterocycles. The van der Waals surface area contributed by atoms with E-state index in [0.29, 0.717) is 0 Å². The van der Waals surface area contributed by atoms with Crippen LogP contribution in [0.2, 0.25) is 0 Å². The lowest BCUT2D eigenvalue weighted by atomic mass is 9.96. The van der Waals surface area contributed by atoms with Crippen LogP contribution in [-0.2, 0) is 0 Å². The van der Waals surface area contributed by atoms with Crippen LogP contribution in [0.4, 0.5) is 11.4 Å². The number of rotatable bonds is 5. The molecule has 3 aromatic carbocycles.